The Morgan fingerprint density at radius 1 is 1.17 bits per heavy atom. The van der Waals surface area contributed by atoms with Gasteiger partial charge in [-0.3, -0.25) is 0 Å². The lowest BCUT2D eigenvalue weighted by Gasteiger charge is -2.35. The number of rotatable bonds is 7. The average molecular weight is 252 g/mol. The Bertz CT molecular complexity index is 350. The van der Waals surface area contributed by atoms with E-state index in [0.717, 1.165) is 24.2 Å². The van der Waals surface area contributed by atoms with Crippen molar-refractivity contribution < 1.29 is 14.6 Å². The first-order valence-electron chi connectivity index (χ1n) is 6.48. The lowest BCUT2D eigenvalue weighted by Crippen LogP contribution is -2.44. The van der Waals surface area contributed by atoms with Crippen LogP contribution in [0.15, 0.2) is 24.3 Å². The molecule has 0 amide bonds. The first-order chi connectivity index (χ1) is 8.63. The number of methoxy groups -OCH3 is 2. The monoisotopic (exact) mass is 252 g/mol. The van der Waals surface area contributed by atoms with Crippen LogP contribution in [-0.2, 0) is 11.2 Å². The van der Waals surface area contributed by atoms with Gasteiger partial charge in [-0.2, -0.15) is 0 Å². The summed E-state index contributed by atoms with van der Waals surface area (Å²) in [5, 5.41) is 10.5. The highest BCUT2D eigenvalue weighted by Crippen LogP contribution is 2.29. The second kappa shape index (κ2) is 6.76. The number of para-hydroxylation sites is 1. The first kappa shape index (κ1) is 15.0. The highest BCUT2D eigenvalue weighted by atomic mass is 16.5. The quantitative estimate of drug-likeness (QED) is 0.811. The van der Waals surface area contributed by atoms with E-state index in [-0.39, 0.29) is 0 Å². The van der Waals surface area contributed by atoms with Crippen molar-refractivity contribution in [3.05, 3.63) is 29.8 Å². The van der Waals surface area contributed by atoms with Gasteiger partial charge in [-0.1, -0.05) is 32.0 Å². The number of hydrogen-bond acceptors (Lipinski definition) is 3. The Balaban J connectivity index is 2.89. The van der Waals surface area contributed by atoms with E-state index in [9.17, 15) is 5.11 Å². The second-order valence-corrected chi connectivity index (χ2v) is 4.51. The Morgan fingerprint density at radius 3 is 2.28 bits per heavy atom. The Hall–Kier alpha value is -1.06. The molecular weight excluding hydrogens is 228 g/mol. The summed E-state index contributed by atoms with van der Waals surface area (Å²) in [6, 6.07) is 7.77. The molecule has 3 heteroatoms. The van der Waals surface area contributed by atoms with Crippen molar-refractivity contribution >= 4 is 0 Å². The zero-order valence-corrected chi connectivity index (χ0v) is 11.8. The van der Waals surface area contributed by atoms with Gasteiger partial charge in [-0.15, -0.1) is 0 Å². The summed E-state index contributed by atoms with van der Waals surface area (Å²) in [5.74, 6) is 0.814. The SMILES string of the molecule is CCC(CC)(OC)C(O)Cc1ccccc1OC. The maximum absolute atomic E-state index is 10.5. The number of aliphatic hydroxyl groups is 1. The summed E-state index contributed by atoms with van der Waals surface area (Å²) in [6.07, 6.45) is 1.58. The zero-order valence-electron chi connectivity index (χ0n) is 11.8. The predicted octanol–water partition coefficient (Wildman–Crippen LogP) is 2.80. The van der Waals surface area contributed by atoms with Gasteiger partial charge in [0.25, 0.3) is 0 Å². The Kier molecular flexibility index (Phi) is 5.63. The highest BCUT2D eigenvalue weighted by molar-refractivity contribution is 5.34. The summed E-state index contributed by atoms with van der Waals surface area (Å²) in [5.41, 5.74) is 0.539. The van der Waals surface area contributed by atoms with Crippen molar-refractivity contribution in [1.82, 2.24) is 0 Å². The molecule has 0 aliphatic heterocycles. The normalized spacial score (nSPS) is 13.4. The van der Waals surface area contributed by atoms with Crippen LogP contribution in [0.3, 0.4) is 0 Å². The molecule has 0 saturated heterocycles. The van der Waals surface area contributed by atoms with E-state index in [1.54, 1.807) is 14.2 Å². The third kappa shape index (κ3) is 3.03. The molecule has 1 N–H and O–H groups in total. The van der Waals surface area contributed by atoms with E-state index in [2.05, 4.69) is 0 Å². The van der Waals surface area contributed by atoms with Gasteiger partial charge in [-0.25, -0.2) is 0 Å². The molecular formula is C15H24O3. The number of aliphatic hydroxyl groups excluding tert-OH is 1. The van der Waals surface area contributed by atoms with Crippen LogP contribution < -0.4 is 4.74 Å². The molecule has 0 heterocycles. The fourth-order valence-corrected chi connectivity index (χ4v) is 2.41. The van der Waals surface area contributed by atoms with Crippen molar-refractivity contribution in [3.63, 3.8) is 0 Å². The van der Waals surface area contributed by atoms with E-state index in [1.807, 2.05) is 38.1 Å². The Morgan fingerprint density at radius 2 is 1.78 bits per heavy atom. The van der Waals surface area contributed by atoms with Crippen LogP contribution >= 0.6 is 0 Å². The minimum atomic E-state index is -0.534. The molecule has 0 fully saturated rings. The van der Waals surface area contributed by atoms with Gasteiger partial charge in [0.1, 0.15) is 5.75 Å². The minimum Gasteiger partial charge on any atom is -0.496 e. The molecule has 18 heavy (non-hydrogen) atoms. The smallest absolute Gasteiger partial charge is 0.122 e. The second-order valence-electron chi connectivity index (χ2n) is 4.51. The van der Waals surface area contributed by atoms with E-state index in [0.29, 0.717) is 6.42 Å². The first-order valence-corrected chi connectivity index (χ1v) is 6.48. The fourth-order valence-electron chi connectivity index (χ4n) is 2.41. The van der Waals surface area contributed by atoms with Crippen LogP contribution in [0.2, 0.25) is 0 Å². The van der Waals surface area contributed by atoms with E-state index in [1.165, 1.54) is 0 Å². The van der Waals surface area contributed by atoms with Crippen LogP contribution in [0.1, 0.15) is 32.3 Å². The van der Waals surface area contributed by atoms with Crippen LogP contribution in [0.4, 0.5) is 0 Å². The molecule has 0 spiro atoms. The number of benzene rings is 1. The van der Waals surface area contributed by atoms with Crippen LogP contribution in [0.25, 0.3) is 0 Å². The molecule has 1 atom stereocenters. The third-order valence-electron chi connectivity index (χ3n) is 3.82. The molecule has 1 rings (SSSR count). The summed E-state index contributed by atoms with van der Waals surface area (Å²) in [7, 11) is 3.31. The van der Waals surface area contributed by atoms with Crippen LogP contribution in [0.5, 0.6) is 5.75 Å². The maximum atomic E-state index is 10.5. The van der Waals surface area contributed by atoms with Crippen LogP contribution in [0, 0.1) is 0 Å². The average Bonchev–Trinajstić information content (AvgIpc) is 2.42. The lowest BCUT2D eigenvalue weighted by atomic mass is 9.86. The number of hydrogen-bond donors (Lipinski definition) is 1. The molecule has 0 bridgehead atoms. The van der Waals surface area contributed by atoms with Crippen molar-refractivity contribution in [1.29, 1.82) is 0 Å². The predicted molar refractivity (Wildman–Crippen MR) is 73.0 cm³/mol. The molecule has 1 aromatic rings. The van der Waals surface area contributed by atoms with Crippen molar-refractivity contribution in [2.24, 2.45) is 0 Å². The summed E-state index contributed by atoms with van der Waals surface area (Å²) < 4.78 is 10.9. The van der Waals surface area contributed by atoms with Crippen LogP contribution in [-0.4, -0.2) is 31.0 Å². The standard InChI is InChI=1S/C15H24O3/c1-5-15(6-2,18-4)14(16)11-12-9-7-8-10-13(12)17-3/h7-10,14,16H,5-6,11H2,1-4H3. The largest absolute Gasteiger partial charge is 0.496 e. The van der Waals surface area contributed by atoms with Gasteiger partial charge in [-0.05, 0) is 24.5 Å². The van der Waals surface area contributed by atoms with Crippen molar-refractivity contribution in [3.8, 4) is 5.75 Å². The summed E-state index contributed by atoms with van der Waals surface area (Å²) >= 11 is 0. The van der Waals surface area contributed by atoms with Gasteiger partial charge in [0, 0.05) is 13.5 Å². The zero-order chi connectivity index (χ0) is 13.6. The van der Waals surface area contributed by atoms with Gasteiger partial charge < -0.3 is 14.6 Å². The van der Waals surface area contributed by atoms with E-state index >= 15 is 0 Å². The van der Waals surface area contributed by atoms with Gasteiger partial charge in [0.15, 0.2) is 0 Å². The van der Waals surface area contributed by atoms with E-state index < -0.39 is 11.7 Å². The molecule has 102 valence electrons. The van der Waals surface area contributed by atoms with Gasteiger partial charge in [0.05, 0.1) is 18.8 Å². The molecule has 0 saturated carbocycles. The summed E-state index contributed by atoms with van der Waals surface area (Å²) in [6.45, 7) is 4.08. The maximum Gasteiger partial charge on any atom is 0.122 e. The Labute approximate surface area is 110 Å². The van der Waals surface area contributed by atoms with Crippen molar-refractivity contribution in [2.75, 3.05) is 14.2 Å². The molecule has 1 aromatic carbocycles. The molecule has 0 radical (unpaired) electrons. The molecule has 1 unspecified atom stereocenters. The fraction of sp³-hybridized carbons (Fsp3) is 0.600. The molecule has 0 aliphatic carbocycles. The molecule has 0 aliphatic rings. The minimum absolute atomic E-state index is 0.471. The van der Waals surface area contributed by atoms with E-state index in [4.69, 9.17) is 9.47 Å². The van der Waals surface area contributed by atoms with Crippen molar-refractivity contribution in [2.45, 2.75) is 44.8 Å². The highest BCUT2D eigenvalue weighted by Gasteiger charge is 2.34. The summed E-state index contributed by atoms with van der Waals surface area (Å²) in [4.78, 5) is 0. The van der Waals surface area contributed by atoms with Gasteiger partial charge >= 0.3 is 0 Å². The lowest BCUT2D eigenvalue weighted by molar-refractivity contribution is -0.106. The molecule has 3 nitrogen and oxygen atoms in total. The molecule has 0 aromatic heterocycles. The topological polar surface area (TPSA) is 38.7 Å². The number of ether oxygens (including phenoxy) is 2. The third-order valence-corrected chi connectivity index (χ3v) is 3.82. The van der Waals surface area contributed by atoms with Gasteiger partial charge in [0.2, 0.25) is 0 Å².